The van der Waals surface area contributed by atoms with Crippen LogP contribution in [0.5, 0.6) is 0 Å². The van der Waals surface area contributed by atoms with Crippen molar-refractivity contribution in [3.63, 3.8) is 0 Å². The molecular formula is C15H9BrCl2N2O. The highest BCUT2D eigenvalue weighted by molar-refractivity contribution is 9.10. The van der Waals surface area contributed by atoms with Crippen molar-refractivity contribution < 1.29 is 4.52 Å². The Bertz CT molecular complexity index is 800. The number of anilines is 1. The van der Waals surface area contributed by atoms with E-state index in [9.17, 15) is 0 Å². The number of hydrogen-bond acceptors (Lipinski definition) is 3. The van der Waals surface area contributed by atoms with E-state index in [1.54, 1.807) is 18.2 Å². The molecule has 3 nitrogen and oxygen atoms in total. The number of hydrogen-bond donors (Lipinski definition) is 1. The van der Waals surface area contributed by atoms with Crippen LogP contribution in [-0.2, 0) is 0 Å². The van der Waals surface area contributed by atoms with Gasteiger partial charge >= 0.3 is 0 Å². The summed E-state index contributed by atoms with van der Waals surface area (Å²) in [6.07, 6.45) is 0. The van der Waals surface area contributed by atoms with E-state index in [4.69, 9.17) is 33.5 Å². The van der Waals surface area contributed by atoms with Gasteiger partial charge in [0.15, 0.2) is 11.6 Å². The van der Waals surface area contributed by atoms with Gasteiger partial charge in [0.05, 0.1) is 10.6 Å². The lowest BCUT2D eigenvalue weighted by Gasteiger charge is -2.04. The minimum atomic E-state index is 0.332. The normalized spacial score (nSPS) is 10.8. The van der Waals surface area contributed by atoms with Gasteiger partial charge in [-0.25, -0.2) is 0 Å². The maximum Gasteiger partial charge on any atom is 0.176 e. The van der Waals surface area contributed by atoms with Crippen LogP contribution in [0.2, 0.25) is 10.0 Å². The Hall–Kier alpha value is -1.49. The van der Waals surface area contributed by atoms with Crippen LogP contribution in [0, 0.1) is 0 Å². The molecule has 106 valence electrons. The molecule has 0 saturated carbocycles. The van der Waals surface area contributed by atoms with E-state index in [2.05, 4.69) is 21.1 Å². The summed E-state index contributed by atoms with van der Waals surface area (Å²) in [7, 11) is 0. The van der Waals surface area contributed by atoms with Crippen LogP contribution in [0.15, 0.2) is 51.5 Å². The van der Waals surface area contributed by atoms with E-state index in [1.165, 1.54) is 0 Å². The van der Waals surface area contributed by atoms with Gasteiger partial charge in [-0.2, -0.15) is 0 Å². The average Bonchev–Trinajstić information content (AvgIpc) is 2.85. The highest BCUT2D eigenvalue weighted by Crippen LogP contribution is 2.38. The topological polar surface area (TPSA) is 52.0 Å². The fraction of sp³-hybridized carbons (Fsp3) is 0. The molecule has 0 unspecified atom stereocenters. The van der Waals surface area contributed by atoms with Crippen molar-refractivity contribution in [1.29, 1.82) is 0 Å². The zero-order chi connectivity index (χ0) is 15.0. The Morgan fingerprint density at radius 3 is 2.33 bits per heavy atom. The summed E-state index contributed by atoms with van der Waals surface area (Å²) in [5, 5.41) is 5.15. The number of aromatic nitrogens is 1. The summed E-state index contributed by atoms with van der Waals surface area (Å²) in [4.78, 5) is 0. The van der Waals surface area contributed by atoms with Crippen LogP contribution in [0.4, 0.5) is 5.82 Å². The van der Waals surface area contributed by atoms with Gasteiger partial charge in [-0.05, 0) is 51.8 Å². The molecule has 0 atom stereocenters. The second kappa shape index (κ2) is 5.72. The summed E-state index contributed by atoms with van der Waals surface area (Å²) < 4.78 is 6.17. The molecule has 21 heavy (non-hydrogen) atoms. The lowest BCUT2D eigenvalue weighted by atomic mass is 10.0. The smallest absolute Gasteiger partial charge is 0.176 e. The van der Waals surface area contributed by atoms with Gasteiger partial charge in [0.2, 0.25) is 0 Å². The van der Waals surface area contributed by atoms with Crippen LogP contribution in [0.3, 0.4) is 0 Å². The van der Waals surface area contributed by atoms with E-state index in [1.807, 2.05) is 24.3 Å². The zero-order valence-corrected chi connectivity index (χ0v) is 13.7. The molecule has 2 N–H and O–H groups in total. The van der Waals surface area contributed by atoms with Crippen molar-refractivity contribution in [3.8, 4) is 22.5 Å². The first-order chi connectivity index (χ1) is 10.1. The predicted molar refractivity (Wildman–Crippen MR) is 89.5 cm³/mol. The molecule has 0 bridgehead atoms. The molecule has 0 amide bonds. The maximum atomic E-state index is 6.02. The quantitative estimate of drug-likeness (QED) is 0.621. The average molecular weight is 384 g/mol. The first-order valence-electron chi connectivity index (χ1n) is 6.03. The van der Waals surface area contributed by atoms with Crippen molar-refractivity contribution in [2.75, 3.05) is 5.73 Å². The van der Waals surface area contributed by atoms with Crippen LogP contribution in [-0.4, -0.2) is 5.16 Å². The van der Waals surface area contributed by atoms with Gasteiger partial charge in [0.25, 0.3) is 0 Å². The van der Waals surface area contributed by atoms with Crippen LogP contribution in [0.1, 0.15) is 0 Å². The van der Waals surface area contributed by atoms with Crippen molar-refractivity contribution in [3.05, 3.63) is 57.0 Å². The molecule has 0 aliphatic rings. The van der Waals surface area contributed by atoms with Gasteiger partial charge < -0.3 is 10.3 Å². The number of halogens is 3. The van der Waals surface area contributed by atoms with Crippen LogP contribution < -0.4 is 5.73 Å². The second-order valence-electron chi connectivity index (χ2n) is 4.41. The third-order valence-corrected chi connectivity index (χ3v) is 4.50. The Kier molecular flexibility index (Phi) is 3.93. The Balaban J connectivity index is 2.16. The minimum Gasteiger partial charge on any atom is -0.380 e. The molecule has 2 aromatic carbocycles. The van der Waals surface area contributed by atoms with E-state index >= 15 is 0 Å². The third-order valence-electron chi connectivity index (χ3n) is 3.03. The van der Waals surface area contributed by atoms with E-state index < -0.39 is 0 Å². The Morgan fingerprint density at radius 2 is 1.67 bits per heavy atom. The lowest BCUT2D eigenvalue weighted by molar-refractivity contribution is 0.436. The fourth-order valence-electron chi connectivity index (χ4n) is 2.03. The summed E-state index contributed by atoms with van der Waals surface area (Å²) in [6.45, 7) is 0. The molecule has 1 aromatic heterocycles. The van der Waals surface area contributed by atoms with Crippen molar-refractivity contribution in [2.45, 2.75) is 0 Å². The molecule has 3 rings (SSSR count). The monoisotopic (exact) mass is 382 g/mol. The number of rotatable bonds is 2. The number of nitrogen functional groups attached to an aromatic ring is 1. The molecule has 0 aliphatic heterocycles. The summed E-state index contributed by atoms with van der Waals surface area (Å²) >= 11 is 15.3. The van der Waals surface area contributed by atoms with E-state index in [0.29, 0.717) is 21.6 Å². The Morgan fingerprint density at radius 1 is 1.00 bits per heavy atom. The highest BCUT2D eigenvalue weighted by Gasteiger charge is 2.18. The van der Waals surface area contributed by atoms with Gasteiger partial charge in [-0.1, -0.05) is 40.5 Å². The van der Waals surface area contributed by atoms with Gasteiger partial charge in [0.1, 0.15) is 0 Å². The fourth-order valence-corrected chi connectivity index (χ4v) is 2.65. The molecule has 0 aliphatic carbocycles. The largest absolute Gasteiger partial charge is 0.380 e. The minimum absolute atomic E-state index is 0.332. The van der Waals surface area contributed by atoms with Gasteiger partial charge in [0, 0.05) is 15.1 Å². The number of nitrogens with two attached hydrogens (primary N) is 1. The summed E-state index contributed by atoms with van der Waals surface area (Å²) in [5.41, 5.74) is 8.40. The van der Waals surface area contributed by atoms with Crippen LogP contribution >= 0.6 is 39.1 Å². The Labute approximate surface area is 139 Å². The maximum absolute atomic E-state index is 6.02. The lowest BCUT2D eigenvalue weighted by Crippen LogP contribution is -1.88. The SMILES string of the molecule is Nc1noc(-c2ccc(Cl)c(Br)c2)c1-c1ccc(Cl)cc1. The highest BCUT2D eigenvalue weighted by atomic mass is 79.9. The van der Waals surface area contributed by atoms with Crippen molar-refractivity contribution in [2.24, 2.45) is 0 Å². The standard InChI is InChI=1S/C15H9BrCl2N2O/c16-11-7-9(3-6-12(11)18)14-13(15(19)20-21-14)8-1-4-10(17)5-2-8/h1-7H,(H2,19,20). The summed E-state index contributed by atoms with van der Waals surface area (Å²) in [6, 6.07) is 12.8. The number of benzene rings is 2. The van der Waals surface area contributed by atoms with E-state index in [-0.39, 0.29) is 0 Å². The molecular weight excluding hydrogens is 375 g/mol. The van der Waals surface area contributed by atoms with E-state index in [0.717, 1.165) is 21.2 Å². The number of nitrogens with zero attached hydrogens (tertiary/aromatic N) is 1. The molecule has 0 saturated heterocycles. The zero-order valence-electron chi connectivity index (χ0n) is 10.6. The molecule has 0 radical (unpaired) electrons. The molecule has 0 fully saturated rings. The molecule has 0 spiro atoms. The van der Waals surface area contributed by atoms with Gasteiger partial charge in [-0.3, -0.25) is 0 Å². The molecule has 1 heterocycles. The first kappa shape index (κ1) is 14.4. The first-order valence-corrected chi connectivity index (χ1v) is 7.57. The third kappa shape index (κ3) is 2.79. The predicted octanol–water partition coefficient (Wildman–Crippen LogP) is 5.66. The molecule has 3 aromatic rings. The summed E-state index contributed by atoms with van der Waals surface area (Å²) in [5.74, 6) is 0.922. The molecule has 6 heteroatoms. The second-order valence-corrected chi connectivity index (χ2v) is 6.11. The van der Waals surface area contributed by atoms with Crippen molar-refractivity contribution >= 4 is 44.9 Å². The van der Waals surface area contributed by atoms with Crippen molar-refractivity contribution in [1.82, 2.24) is 5.16 Å². The van der Waals surface area contributed by atoms with Gasteiger partial charge in [-0.15, -0.1) is 0 Å². The van der Waals surface area contributed by atoms with Crippen LogP contribution in [0.25, 0.3) is 22.5 Å².